The quantitative estimate of drug-likeness (QED) is 0.834. The van der Waals surface area contributed by atoms with E-state index in [-0.39, 0.29) is 17.6 Å². The van der Waals surface area contributed by atoms with Crippen molar-refractivity contribution in [2.24, 2.45) is 0 Å². The fraction of sp³-hybridized carbons (Fsp3) is 0.643. The van der Waals surface area contributed by atoms with Crippen LogP contribution in [-0.2, 0) is 11.8 Å². The number of piperidine rings is 2. The van der Waals surface area contributed by atoms with Gasteiger partial charge in [0.25, 0.3) is 0 Å². The number of aliphatic hydroxyl groups is 1. The Kier molecular flexibility index (Phi) is 3.25. The van der Waals surface area contributed by atoms with E-state index in [2.05, 4.69) is 10.3 Å². The molecule has 0 radical (unpaired) electrons. The summed E-state index contributed by atoms with van der Waals surface area (Å²) in [5.74, 6) is 0. The molecular weight excluding hydrogens is 269 g/mol. The number of pyridine rings is 1. The van der Waals surface area contributed by atoms with Crippen molar-refractivity contribution < 1.29 is 18.3 Å². The van der Waals surface area contributed by atoms with Crippen molar-refractivity contribution in [3.8, 4) is 0 Å². The molecule has 110 valence electrons. The Balaban J connectivity index is 1.91. The van der Waals surface area contributed by atoms with Crippen LogP contribution in [0.2, 0.25) is 0 Å². The van der Waals surface area contributed by atoms with Crippen LogP contribution in [0.25, 0.3) is 0 Å². The molecular formula is C14H17F3N2O. The Morgan fingerprint density at radius 2 is 1.85 bits per heavy atom. The van der Waals surface area contributed by atoms with Gasteiger partial charge in [-0.05, 0) is 31.7 Å². The van der Waals surface area contributed by atoms with E-state index in [4.69, 9.17) is 0 Å². The molecule has 2 unspecified atom stereocenters. The summed E-state index contributed by atoms with van der Waals surface area (Å²) >= 11 is 0. The number of halogens is 3. The third-order valence-electron chi connectivity index (χ3n) is 4.35. The monoisotopic (exact) mass is 286 g/mol. The van der Waals surface area contributed by atoms with E-state index in [9.17, 15) is 18.3 Å². The predicted octanol–water partition coefficient (Wildman–Crippen LogP) is 2.59. The number of nitrogens with one attached hydrogen (secondary N) is 1. The van der Waals surface area contributed by atoms with E-state index in [0.29, 0.717) is 12.8 Å². The van der Waals surface area contributed by atoms with Gasteiger partial charge in [-0.3, -0.25) is 4.98 Å². The average molecular weight is 286 g/mol. The summed E-state index contributed by atoms with van der Waals surface area (Å²) in [5, 5.41) is 14.2. The minimum atomic E-state index is -4.43. The fourth-order valence-electron chi connectivity index (χ4n) is 3.42. The molecule has 0 saturated carbocycles. The molecule has 2 N–H and O–H groups in total. The highest BCUT2D eigenvalue weighted by Crippen LogP contribution is 2.40. The van der Waals surface area contributed by atoms with Crippen molar-refractivity contribution in [3.63, 3.8) is 0 Å². The van der Waals surface area contributed by atoms with Crippen LogP contribution in [0.5, 0.6) is 0 Å². The van der Waals surface area contributed by atoms with Crippen molar-refractivity contribution in [1.82, 2.24) is 10.3 Å². The largest absolute Gasteiger partial charge is 0.417 e. The summed E-state index contributed by atoms with van der Waals surface area (Å²) in [6.45, 7) is 0. The number of hydrogen-bond donors (Lipinski definition) is 2. The normalized spacial score (nSPS) is 34.0. The summed E-state index contributed by atoms with van der Waals surface area (Å²) in [6.07, 6.45) is 1.67. The molecule has 2 saturated heterocycles. The molecule has 3 nitrogen and oxygen atoms in total. The van der Waals surface area contributed by atoms with Gasteiger partial charge in [0.15, 0.2) is 0 Å². The third-order valence-corrected chi connectivity index (χ3v) is 4.35. The lowest BCUT2D eigenvalue weighted by Crippen LogP contribution is -2.54. The first-order chi connectivity index (χ1) is 9.37. The Morgan fingerprint density at radius 3 is 2.45 bits per heavy atom. The highest BCUT2D eigenvalue weighted by atomic mass is 19.4. The Bertz CT molecular complexity index is 491. The molecule has 0 spiro atoms. The first-order valence-electron chi connectivity index (χ1n) is 6.88. The van der Waals surface area contributed by atoms with Gasteiger partial charge in [-0.25, -0.2) is 0 Å². The van der Waals surface area contributed by atoms with Crippen LogP contribution in [0.15, 0.2) is 18.5 Å². The second-order valence-electron chi connectivity index (χ2n) is 5.89. The predicted molar refractivity (Wildman–Crippen MR) is 66.9 cm³/mol. The van der Waals surface area contributed by atoms with Crippen LogP contribution < -0.4 is 5.32 Å². The van der Waals surface area contributed by atoms with Crippen LogP contribution in [0.1, 0.15) is 43.2 Å². The molecule has 0 aromatic carbocycles. The van der Waals surface area contributed by atoms with E-state index in [1.54, 1.807) is 0 Å². The molecule has 2 fully saturated rings. The summed E-state index contributed by atoms with van der Waals surface area (Å²) in [7, 11) is 0. The number of alkyl halides is 3. The Hall–Kier alpha value is -1.14. The van der Waals surface area contributed by atoms with Crippen LogP contribution in [0.3, 0.4) is 0 Å². The molecule has 6 heteroatoms. The molecule has 3 rings (SSSR count). The Labute approximate surface area is 115 Å². The lowest BCUT2D eigenvalue weighted by atomic mass is 9.74. The minimum absolute atomic E-state index is 0.182. The molecule has 2 bridgehead atoms. The SMILES string of the molecule is OC1(c2cncc(C(F)(F)F)c2)CC2CCCC(C1)N2. The topological polar surface area (TPSA) is 45.2 Å². The number of nitrogens with zero attached hydrogens (tertiary/aromatic N) is 1. The third kappa shape index (κ3) is 2.54. The number of fused-ring (bicyclic) bond motifs is 2. The smallest absolute Gasteiger partial charge is 0.385 e. The van der Waals surface area contributed by atoms with Gasteiger partial charge < -0.3 is 10.4 Å². The van der Waals surface area contributed by atoms with Crippen LogP contribution in [0.4, 0.5) is 13.2 Å². The molecule has 2 aliphatic heterocycles. The molecule has 2 atom stereocenters. The van der Waals surface area contributed by atoms with Crippen molar-refractivity contribution >= 4 is 0 Å². The van der Waals surface area contributed by atoms with E-state index in [1.807, 2.05) is 0 Å². The van der Waals surface area contributed by atoms with E-state index < -0.39 is 17.3 Å². The van der Waals surface area contributed by atoms with Gasteiger partial charge >= 0.3 is 6.18 Å². The number of hydrogen-bond acceptors (Lipinski definition) is 3. The molecule has 1 aromatic heterocycles. The second-order valence-corrected chi connectivity index (χ2v) is 5.89. The van der Waals surface area contributed by atoms with Crippen LogP contribution in [-0.4, -0.2) is 22.2 Å². The zero-order chi connectivity index (χ0) is 14.4. The zero-order valence-electron chi connectivity index (χ0n) is 11.0. The van der Waals surface area contributed by atoms with Crippen LogP contribution >= 0.6 is 0 Å². The van der Waals surface area contributed by atoms with Gasteiger partial charge in [-0.2, -0.15) is 13.2 Å². The average Bonchev–Trinajstić information content (AvgIpc) is 2.37. The lowest BCUT2D eigenvalue weighted by Gasteiger charge is -2.45. The molecule has 2 aliphatic rings. The maximum absolute atomic E-state index is 12.8. The van der Waals surface area contributed by atoms with Crippen molar-refractivity contribution in [2.75, 3.05) is 0 Å². The van der Waals surface area contributed by atoms with Gasteiger partial charge in [-0.1, -0.05) is 6.42 Å². The summed E-state index contributed by atoms with van der Waals surface area (Å²) < 4.78 is 38.3. The molecule has 1 aromatic rings. The first-order valence-corrected chi connectivity index (χ1v) is 6.88. The van der Waals surface area contributed by atoms with Gasteiger partial charge in [-0.15, -0.1) is 0 Å². The first kappa shape index (κ1) is 13.8. The van der Waals surface area contributed by atoms with Gasteiger partial charge in [0.1, 0.15) is 0 Å². The maximum atomic E-state index is 12.8. The second kappa shape index (κ2) is 4.70. The highest BCUT2D eigenvalue weighted by molar-refractivity contribution is 5.27. The van der Waals surface area contributed by atoms with E-state index in [1.165, 1.54) is 6.20 Å². The maximum Gasteiger partial charge on any atom is 0.417 e. The summed E-state index contributed by atoms with van der Waals surface area (Å²) in [6, 6.07) is 1.40. The van der Waals surface area contributed by atoms with Crippen molar-refractivity contribution in [1.29, 1.82) is 0 Å². The minimum Gasteiger partial charge on any atom is -0.385 e. The van der Waals surface area contributed by atoms with Crippen LogP contribution in [0, 0.1) is 0 Å². The van der Waals surface area contributed by atoms with E-state index >= 15 is 0 Å². The van der Waals surface area contributed by atoms with Gasteiger partial charge in [0, 0.05) is 30.0 Å². The number of rotatable bonds is 1. The molecule has 3 heterocycles. The summed E-state index contributed by atoms with van der Waals surface area (Å²) in [4.78, 5) is 3.67. The number of aromatic nitrogens is 1. The van der Waals surface area contributed by atoms with Gasteiger partial charge in [0.05, 0.1) is 11.2 Å². The van der Waals surface area contributed by atoms with Gasteiger partial charge in [0.2, 0.25) is 0 Å². The molecule has 20 heavy (non-hydrogen) atoms. The van der Waals surface area contributed by atoms with Crippen molar-refractivity contribution in [2.45, 2.75) is 56.0 Å². The van der Waals surface area contributed by atoms with E-state index in [0.717, 1.165) is 31.5 Å². The lowest BCUT2D eigenvalue weighted by molar-refractivity contribution is -0.138. The summed E-state index contributed by atoms with van der Waals surface area (Å²) in [5.41, 5.74) is -1.72. The molecule has 0 aliphatic carbocycles. The fourth-order valence-corrected chi connectivity index (χ4v) is 3.42. The highest BCUT2D eigenvalue weighted by Gasteiger charge is 2.43. The molecule has 0 amide bonds. The zero-order valence-corrected chi connectivity index (χ0v) is 11.0. The Morgan fingerprint density at radius 1 is 1.20 bits per heavy atom. The standard InChI is InChI=1S/C14H17F3N2O/c15-14(16,17)10-4-9(7-18-8-10)13(20)5-11-2-1-3-12(6-13)19-11/h4,7-8,11-12,19-20H,1-3,5-6H2. The van der Waals surface area contributed by atoms with Crippen molar-refractivity contribution in [3.05, 3.63) is 29.6 Å².